The summed E-state index contributed by atoms with van der Waals surface area (Å²) in [5.74, 6) is 0. The van der Waals surface area contributed by atoms with Gasteiger partial charge in [0, 0.05) is 29.2 Å². The molecule has 3 rings (SSSR count). The van der Waals surface area contributed by atoms with Crippen LogP contribution in [0.4, 0.5) is 26.3 Å². The van der Waals surface area contributed by atoms with Crippen molar-refractivity contribution in [2.24, 2.45) is 0 Å². The van der Waals surface area contributed by atoms with Gasteiger partial charge in [-0.1, -0.05) is 12.1 Å². The molecule has 0 amide bonds. The molecule has 2 nitrogen and oxygen atoms in total. The average molecular weight is 371 g/mol. The summed E-state index contributed by atoms with van der Waals surface area (Å²) in [4.78, 5) is 11.0. The van der Waals surface area contributed by atoms with Gasteiger partial charge in [0.2, 0.25) is 0 Å². The Kier molecular flexibility index (Phi) is 4.29. The summed E-state index contributed by atoms with van der Waals surface area (Å²) in [6, 6.07) is 7.90. The highest BCUT2D eigenvalue weighted by molar-refractivity contribution is 5.97. The third-order valence-electron chi connectivity index (χ3n) is 3.97. The fraction of sp³-hybridized carbons (Fsp3) is 0.167. The van der Waals surface area contributed by atoms with E-state index in [0.29, 0.717) is 34.9 Å². The van der Waals surface area contributed by atoms with E-state index in [1.165, 1.54) is 10.8 Å². The molecule has 1 aromatic heterocycles. The van der Waals surface area contributed by atoms with Crippen LogP contribution in [0, 0.1) is 0 Å². The Morgan fingerprint density at radius 2 is 1.50 bits per heavy atom. The van der Waals surface area contributed by atoms with Gasteiger partial charge in [-0.2, -0.15) is 26.3 Å². The average Bonchev–Trinajstić information content (AvgIpc) is 2.96. The third kappa shape index (κ3) is 3.44. The van der Waals surface area contributed by atoms with Crippen molar-refractivity contribution in [3.05, 3.63) is 70.9 Å². The summed E-state index contributed by atoms with van der Waals surface area (Å²) >= 11 is 0. The molecule has 8 heteroatoms. The van der Waals surface area contributed by atoms with Crippen LogP contribution < -0.4 is 0 Å². The van der Waals surface area contributed by atoms with Gasteiger partial charge in [0.1, 0.15) is 0 Å². The fourth-order valence-electron chi connectivity index (χ4n) is 2.80. The number of fused-ring (bicyclic) bond motifs is 1. The molecule has 0 bridgehead atoms. The van der Waals surface area contributed by atoms with Gasteiger partial charge in [-0.15, -0.1) is 0 Å². The summed E-state index contributed by atoms with van der Waals surface area (Å²) in [5, 5.41) is 0.575. The molecule has 0 fully saturated rings. The predicted octanol–water partition coefficient (Wildman–Crippen LogP) is 5.54. The predicted molar refractivity (Wildman–Crippen MR) is 82.9 cm³/mol. The third-order valence-corrected chi connectivity index (χ3v) is 3.97. The monoisotopic (exact) mass is 371 g/mol. The second-order valence-corrected chi connectivity index (χ2v) is 5.76. The molecular weight excluding hydrogens is 360 g/mol. The lowest BCUT2D eigenvalue weighted by Crippen LogP contribution is -2.12. The van der Waals surface area contributed by atoms with Gasteiger partial charge in [-0.3, -0.25) is 4.79 Å². The number of nitrogens with zero attached hydrogens (tertiary/aromatic N) is 1. The zero-order valence-electron chi connectivity index (χ0n) is 13.0. The van der Waals surface area contributed by atoms with E-state index in [4.69, 9.17) is 0 Å². The van der Waals surface area contributed by atoms with E-state index in [2.05, 4.69) is 0 Å². The maximum Gasteiger partial charge on any atom is 0.416 e. The Bertz CT molecular complexity index is 936. The Balaban J connectivity index is 2.09. The number of halogens is 6. The maximum atomic E-state index is 13.0. The SMILES string of the molecule is O=Cc1cccc2c1ccn2Cc1cc(C(F)(F)F)cc(C(F)(F)F)c1. The first-order chi connectivity index (χ1) is 12.1. The Hall–Kier alpha value is -2.77. The molecule has 0 N–H and O–H groups in total. The van der Waals surface area contributed by atoms with E-state index in [-0.39, 0.29) is 18.2 Å². The zero-order valence-corrected chi connectivity index (χ0v) is 13.0. The quantitative estimate of drug-likeness (QED) is 0.438. The molecule has 0 spiro atoms. The van der Waals surface area contributed by atoms with Crippen molar-refractivity contribution in [1.82, 2.24) is 4.57 Å². The van der Waals surface area contributed by atoms with Gasteiger partial charge < -0.3 is 4.57 Å². The number of hydrogen-bond acceptors (Lipinski definition) is 1. The summed E-state index contributed by atoms with van der Waals surface area (Å²) in [5.41, 5.74) is -1.91. The molecule has 136 valence electrons. The van der Waals surface area contributed by atoms with Crippen LogP contribution in [0.5, 0.6) is 0 Å². The molecule has 0 saturated heterocycles. The van der Waals surface area contributed by atoms with Crippen molar-refractivity contribution in [1.29, 1.82) is 0 Å². The van der Waals surface area contributed by atoms with Crippen molar-refractivity contribution >= 4 is 17.2 Å². The largest absolute Gasteiger partial charge is 0.416 e. The number of carbonyl (C=O) groups is 1. The van der Waals surface area contributed by atoms with E-state index >= 15 is 0 Å². The van der Waals surface area contributed by atoms with E-state index in [9.17, 15) is 31.1 Å². The van der Waals surface area contributed by atoms with Crippen LogP contribution in [0.15, 0.2) is 48.7 Å². The normalized spacial score (nSPS) is 12.5. The molecular formula is C18H11F6NO. The van der Waals surface area contributed by atoms with Crippen LogP contribution in [0.25, 0.3) is 10.9 Å². The van der Waals surface area contributed by atoms with E-state index in [1.807, 2.05) is 0 Å². The minimum absolute atomic E-state index is 0.0990. The van der Waals surface area contributed by atoms with Gasteiger partial charge in [0.25, 0.3) is 0 Å². The molecule has 0 atom stereocenters. The highest BCUT2D eigenvalue weighted by Gasteiger charge is 2.36. The topological polar surface area (TPSA) is 22.0 Å². The second kappa shape index (κ2) is 6.19. The second-order valence-electron chi connectivity index (χ2n) is 5.76. The summed E-state index contributed by atoms with van der Waals surface area (Å²) in [6.07, 6.45) is -7.62. The van der Waals surface area contributed by atoms with Gasteiger partial charge >= 0.3 is 12.4 Å². The number of hydrogen-bond donors (Lipinski definition) is 0. The van der Waals surface area contributed by atoms with Crippen molar-refractivity contribution < 1.29 is 31.1 Å². The number of benzene rings is 2. The number of alkyl halides is 6. The standard InChI is InChI=1S/C18H11F6NO/c19-17(20,21)13-6-11(7-14(8-13)18(22,23)24)9-25-5-4-15-12(10-26)2-1-3-16(15)25/h1-8,10H,9H2. The van der Waals surface area contributed by atoms with Gasteiger partial charge in [-0.05, 0) is 35.9 Å². The molecule has 0 aliphatic carbocycles. The van der Waals surface area contributed by atoms with Crippen LogP contribution >= 0.6 is 0 Å². The van der Waals surface area contributed by atoms with E-state index in [1.54, 1.807) is 24.3 Å². The van der Waals surface area contributed by atoms with Crippen LogP contribution in [-0.2, 0) is 18.9 Å². The van der Waals surface area contributed by atoms with Crippen LogP contribution in [0.1, 0.15) is 27.0 Å². The number of aldehydes is 1. The highest BCUT2D eigenvalue weighted by Crippen LogP contribution is 2.36. The molecule has 0 radical (unpaired) electrons. The van der Waals surface area contributed by atoms with E-state index < -0.39 is 23.5 Å². The molecule has 0 saturated carbocycles. The lowest BCUT2D eigenvalue weighted by Gasteiger charge is -2.15. The molecule has 0 aliphatic rings. The number of aromatic nitrogens is 1. The first-order valence-electron chi connectivity index (χ1n) is 7.41. The lowest BCUT2D eigenvalue weighted by molar-refractivity contribution is -0.143. The van der Waals surface area contributed by atoms with Crippen LogP contribution in [0.2, 0.25) is 0 Å². The van der Waals surface area contributed by atoms with Crippen molar-refractivity contribution in [3.63, 3.8) is 0 Å². The summed E-state index contributed by atoms with van der Waals surface area (Å²) in [7, 11) is 0. The molecule has 0 unspecified atom stereocenters. The van der Waals surface area contributed by atoms with Crippen molar-refractivity contribution in [2.75, 3.05) is 0 Å². The van der Waals surface area contributed by atoms with Gasteiger partial charge in [0.15, 0.2) is 6.29 Å². The minimum Gasteiger partial charge on any atom is -0.343 e. The molecule has 3 aromatic rings. The van der Waals surface area contributed by atoms with Crippen molar-refractivity contribution in [2.45, 2.75) is 18.9 Å². The Morgan fingerprint density at radius 3 is 2.04 bits per heavy atom. The van der Waals surface area contributed by atoms with Gasteiger partial charge in [-0.25, -0.2) is 0 Å². The maximum absolute atomic E-state index is 13.0. The first kappa shape index (κ1) is 18.0. The fourth-order valence-corrected chi connectivity index (χ4v) is 2.80. The lowest BCUT2D eigenvalue weighted by atomic mass is 10.0. The highest BCUT2D eigenvalue weighted by atomic mass is 19.4. The minimum atomic E-state index is -4.89. The Morgan fingerprint density at radius 1 is 0.885 bits per heavy atom. The summed E-state index contributed by atoms with van der Waals surface area (Å²) in [6.45, 7) is -0.196. The van der Waals surface area contributed by atoms with Gasteiger partial charge in [0.05, 0.1) is 11.1 Å². The molecule has 1 heterocycles. The summed E-state index contributed by atoms with van der Waals surface area (Å²) < 4.78 is 79.2. The van der Waals surface area contributed by atoms with Crippen LogP contribution in [-0.4, -0.2) is 10.9 Å². The smallest absolute Gasteiger partial charge is 0.343 e. The zero-order chi connectivity index (χ0) is 19.1. The molecule has 26 heavy (non-hydrogen) atoms. The van der Waals surface area contributed by atoms with Crippen LogP contribution in [0.3, 0.4) is 0 Å². The molecule has 2 aromatic carbocycles. The molecule has 0 aliphatic heterocycles. The number of carbonyl (C=O) groups excluding carboxylic acids is 1. The number of rotatable bonds is 3. The first-order valence-corrected chi connectivity index (χ1v) is 7.41. The van der Waals surface area contributed by atoms with Crippen molar-refractivity contribution in [3.8, 4) is 0 Å². The Labute approximate surface area is 143 Å². The van der Waals surface area contributed by atoms with E-state index in [0.717, 1.165) is 0 Å².